The van der Waals surface area contributed by atoms with Gasteiger partial charge in [0.05, 0.1) is 0 Å². The van der Waals surface area contributed by atoms with Crippen molar-refractivity contribution < 1.29 is 4.79 Å². The predicted octanol–water partition coefficient (Wildman–Crippen LogP) is 2.04. The quantitative estimate of drug-likeness (QED) is 0.863. The van der Waals surface area contributed by atoms with Gasteiger partial charge in [0.1, 0.15) is 0 Å². The number of rotatable bonds is 2. The predicted molar refractivity (Wildman–Crippen MR) is 72.5 cm³/mol. The SMILES string of the molecule is CN(c1ccccc1)C1C[C@H]2CC(=O)NC[C@H]2C1. The molecule has 3 rings (SSSR count). The average Bonchev–Trinajstić information content (AvgIpc) is 2.81. The zero-order valence-corrected chi connectivity index (χ0v) is 10.8. The topological polar surface area (TPSA) is 32.3 Å². The minimum Gasteiger partial charge on any atom is -0.372 e. The Hall–Kier alpha value is -1.51. The van der Waals surface area contributed by atoms with E-state index in [1.165, 1.54) is 12.1 Å². The highest BCUT2D eigenvalue weighted by Gasteiger charge is 2.39. The van der Waals surface area contributed by atoms with Gasteiger partial charge in [-0.2, -0.15) is 0 Å². The van der Waals surface area contributed by atoms with Gasteiger partial charge in [-0.3, -0.25) is 4.79 Å². The molecule has 96 valence electrons. The van der Waals surface area contributed by atoms with Crippen LogP contribution in [0.15, 0.2) is 30.3 Å². The molecule has 2 fully saturated rings. The summed E-state index contributed by atoms with van der Waals surface area (Å²) in [6.07, 6.45) is 3.09. The molecule has 1 N–H and O–H groups in total. The van der Waals surface area contributed by atoms with Gasteiger partial charge < -0.3 is 10.2 Å². The van der Waals surface area contributed by atoms with E-state index >= 15 is 0 Å². The molecule has 1 aromatic rings. The van der Waals surface area contributed by atoms with Crippen molar-refractivity contribution >= 4 is 11.6 Å². The first kappa shape index (κ1) is 11.6. The number of amides is 1. The molecule has 18 heavy (non-hydrogen) atoms. The Labute approximate surface area is 108 Å². The number of benzene rings is 1. The summed E-state index contributed by atoms with van der Waals surface area (Å²) in [7, 11) is 2.17. The number of para-hydroxylation sites is 1. The van der Waals surface area contributed by atoms with Gasteiger partial charge in [0.2, 0.25) is 5.91 Å². The number of anilines is 1. The van der Waals surface area contributed by atoms with Gasteiger partial charge in [0.25, 0.3) is 0 Å². The third-order valence-electron chi connectivity index (χ3n) is 4.54. The summed E-state index contributed by atoms with van der Waals surface area (Å²) in [4.78, 5) is 13.8. The number of nitrogens with one attached hydrogen (secondary N) is 1. The highest BCUT2D eigenvalue weighted by atomic mass is 16.1. The fourth-order valence-corrected chi connectivity index (χ4v) is 3.43. The lowest BCUT2D eigenvalue weighted by Crippen LogP contribution is -2.38. The van der Waals surface area contributed by atoms with Crippen LogP contribution >= 0.6 is 0 Å². The first-order valence-corrected chi connectivity index (χ1v) is 6.78. The normalized spacial score (nSPS) is 30.7. The van der Waals surface area contributed by atoms with Crippen molar-refractivity contribution in [2.24, 2.45) is 11.8 Å². The monoisotopic (exact) mass is 244 g/mol. The third kappa shape index (κ3) is 2.09. The van der Waals surface area contributed by atoms with E-state index in [4.69, 9.17) is 0 Å². The molecule has 3 nitrogen and oxygen atoms in total. The molecule has 1 saturated carbocycles. The number of hydrogen-bond acceptors (Lipinski definition) is 2. The number of carbonyl (C=O) groups excluding carboxylic acids is 1. The summed E-state index contributed by atoms with van der Waals surface area (Å²) in [5.41, 5.74) is 1.28. The van der Waals surface area contributed by atoms with E-state index in [-0.39, 0.29) is 5.91 Å². The maximum absolute atomic E-state index is 11.4. The fraction of sp³-hybridized carbons (Fsp3) is 0.533. The van der Waals surface area contributed by atoms with Crippen molar-refractivity contribution in [2.45, 2.75) is 25.3 Å². The molecule has 1 amide bonds. The second kappa shape index (κ2) is 4.63. The van der Waals surface area contributed by atoms with Crippen LogP contribution in [0.5, 0.6) is 0 Å². The molecule has 0 bridgehead atoms. The highest BCUT2D eigenvalue weighted by Crippen LogP contribution is 2.39. The zero-order chi connectivity index (χ0) is 12.5. The molecule has 1 aliphatic heterocycles. The smallest absolute Gasteiger partial charge is 0.220 e. The van der Waals surface area contributed by atoms with Crippen LogP contribution in [-0.4, -0.2) is 25.5 Å². The van der Waals surface area contributed by atoms with Crippen LogP contribution in [0.25, 0.3) is 0 Å². The maximum atomic E-state index is 11.4. The lowest BCUT2D eigenvalue weighted by molar-refractivity contribution is -0.124. The van der Waals surface area contributed by atoms with E-state index in [2.05, 4.69) is 41.5 Å². The Balaban J connectivity index is 1.70. The Kier molecular flexibility index (Phi) is 2.98. The number of nitrogens with zero attached hydrogens (tertiary/aromatic N) is 1. The molecular weight excluding hydrogens is 224 g/mol. The zero-order valence-electron chi connectivity index (χ0n) is 10.8. The first-order valence-electron chi connectivity index (χ1n) is 6.78. The van der Waals surface area contributed by atoms with Crippen LogP contribution in [0, 0.1) is 11.8 Å². The second-order valence-electron chi connectivity index (χ2n) is 5.60. The van der Waals surface area contributed by atoms with Crippen molar-refractivity contribution in [3.63, 3.8) is 0 Å². The van der Waals surface area contributed by atoms with Crippen LogP contribution in [-0.2, 0) is 4.79 Å². The van der Waals surface area contributed by atoms with E-state index in [0.29, 0.717) is 17.9 Å². The Morgan fingerprint density at radius 3 is 2.67 bits per heavy atom. The summed E-state index contributed by atoms with van der Waals surface area (Å²) in [5.74, 6) is 1.51. The molecule has 2 aliphatic rings. The molecule has 0 spiro atoms. The van der Waals surface area contributed by atoms with Crippen LogP contribution in [0.2, 0.25) is 0 Å². The van der Waals surface area contributed by atoms with Gasteiger partial charge in [-0.1, -0.05) is 18.2 Å². The van der Waals surface area contributed by atoms with E-state index in [0.717, 1.165) is 19.4 Å². The van der Waals surface area contributed by atoms with Gasteiger partial charge in [-0.05, 0) is 36.8 Å². The molecule has 1 saturated heterocycles. The fourth-order valence-electron chi connectivity index (χ4n) is 3.43. The van der Waals surface area contributed by atoms with Gasteiger partial charge in [0, 0.05) is 31.7 Å². The number of piperidine rings is 1. The van der Waals surface area contributed by atoms with Crippen LogP contribution in [0.4, 0.5) is 5.69 Å². The van der Waals surface area contributed by atoms with Crippen molar-refractivity contribution in [3.05, 3.63) is 30.3 Å². The Bertz CT molecular complexity index is 431. The average molecular weight is 244 g/mol. The lowest BCUT2D eigenvalue weighted by atomic mass is 9.89. The van der Waals surface area contributed by atoms with Gasteiger partial charge in [-0.15, -0.1) is 0 Å². The highest BCUT2D eigenvalue weighted by molar-refractivity contribution is 5.77. The summed E-state index contributed by atoms with van der Waals surface area (Å²) in [6, 6.07) is 11.1. The number of carbonyl (C=O) groups is 1. The standard InChI is InChI=1S/C15H20N2O/c1-17(13-5-3-2-4-6-13)14-7-11-9-15(18)16-10-12(11)8-14/h2-6,11-12,14H,7-10H2,1H3,(H,16,18)/t11-,12+,14?/m0/s1. The second-order valence-corrected chi connectivity index (χ2v) is 5.60. The van der Waals surface area contributed by atoms with Crippen LogP contribution < -0.4 is 10.2 Å². The van der Waals surface area contributed by atoms with Gasteiger partial charge in [-0.25, -0.2) is 0 Å². The third-order valence-corrected chi connectivity index (χ3v) is 4.54. The minimum absolute atomic E-state index is 0.235. The number of fused-ring (bicyclic) bond motifs is 1. The molecular formula is C15H20N2O. The van der Waals surface area contributed by atoms with E-state index in [1.807, 2.05) is 6.07 Å². The van der Waals surface area contributed by atoms with Gasteiger partial charge >= 0.3 is 0 Å². The van der Waals surface area contributed by atoms with Gasteiger partial charge in [0.15, 0.2) is 0 Å². The molecule has 1 aromatic carbocycles. The van der Waals surface area contributed by atoms with E-state index < -0.39 is 0 Å². The summed E-state index contributed by atoms with van der Waals surface area (Å²) in [5, 5.41) is 3.00. The van der Waals surface area contributed by atoms with Crippen LogP contribution in [0.1, 0.15) is 19.3 Å². The molecule has 1 aliphatic carbocycles. The molecule has 0 radical (unpaired) electrons. The molecule has 3 heteroatoms. The lowest BCUT2D eigenvalue weighted by Gasteiger charge is -2.26. The molecule has 1 heterocycles. The Morgan fingerprint density at radius 2 is 1.89 bits per heavy atom. The van der Waals surface area contributed by atoms with Crippen molar-refractivity contribution in [3.8, 4) is 0 Å². The first-order chi connectivity index (χ1) is 8.74. The summed E-state index contributed by atoms with van der Waals surface area (Å²) >= 11 is 0. The minimum atomic E-state index is 0.235. The summed E-state index contributed by atoms with van der Waals surface area (Å²) < 4.78 is 0. The van der Waals surface area contributed by atoms with Crippen molar-refractivity contribution in [2.75, 3.05) is 18.5 Å². The van der Waals surface area contributed by atoms with E-state index in [9.17, 15) is 4.79 Å². The Morgan fingerprint density at radius 1 is 1.17 bits per heavy atom. The molecule has 1 unspecified atom stereocenters. The molecule has 0 aromatic heterocycles. The van der Waals surface area contributed by atoms with Crippen LogP contribution in [0.3, 0.4) is 0 Å². The largest absolute Gasteiger partial charge is 0.372 e. The summed E-state index contributed by atoms with van der Waals surface area (Å²) in [6.45, 7) is 0.878. The maximum Gasteiger partial charge on any atom is 0.220 e. The number of hydrogen-bond donors (Lipinski definition) is 1. The van der Waals surface area contributed by atoms with Crippen molar-refractivity contribution in [1.29, 1.82) is 0 Å². The molecule has 3 atom stereocenters. The van der Waals surface area contributed by atoms with Crippen molar-refractivity contribution in [1.82, 2.24) is 5.32 Å². The van der Waals surface area contributed by atoms with E-state index in [1.54, 1.807) is 0 Å².